The molecule has 2 N–H and O–H groups in total. The van der Waals surface area contributed by atoms with Gasteiger partial charge in [-0.25, -0.2) is 0 Å². The van der Waals surface area contributed by atoms with Crippen molar-refractivity contribution in [1.82, 2.24) is 15.6 Å². The zero-order chi connectivity index (χ0) is 13.1. The van der Waals surface area contributed by atoms with Crippen LogP contribution < -0.4 is 10.6 Å². The SMILES string of the molecule is CCCCNC(=S)NCCSCc1cccnc1. The summed E-state index contributed by atoms with van der Waals surface area (Å²) >= 11 is 7.06. The topological polar surface area (TPSA) is 37.0 Å². The van der Waals surface area contributed by atoms with Crippen LogP contribution in [0.25, 0.3) is 0 Å². The smallest absolute Gasteiger partial charge is 0.166 e. The lowest BCUT2D eigenvalue weighted by Gasteiger charge is -2.09. The van der Waals surface area contributed by atoms with Crippen LogP contribution in [0, 0.1) is 0 Å². The molecule has 1 aromatic heterocycles. The van der Waals surface area contributed by atoms with Crippen LogP contribution >= 0.6 is 24.0 Å². The van der Waals surface area contributed by atoms with E-state index in [1.165, 1.54) is 12.0 Å². The van der Waals surface area contributed by atoms with Gasteiger partial charge in [0.2, 0.25) is 0 Å². The fraction of sp³-hybridized carbons (Fsp3) is 0.538. The third kappa shape index (κ3) is 7.50. The lowest BCUT2D eigenvalue weighted by atomic mass is 10.3. The van der Waals surface area contributed by atoms with Crippen LogP contribution in [0.4, 0.5) is 0 Å². The van der Waals surface area contributed by atoms with E-state index in [1.807, 2.05) is 24.0 Å². The van der Waals surface area contributed by atoms with Gasteiger partial charge >= 0.3 is 0 Å². The van der Waals surface area contributed by atoms with Crippen molar-refractivity contribution in [2.45, 2.75) is 25.5 Å². The van der Waals surface area contributed by atoms with Gasteiger partial charge in [-0.2, -0.15) is 11.8 Å². The van der Waals surface area contributed by atoms with Crippen LogP contribution in [0.2, 0.25) is 0 Å². The highest BCUT2D eigenvalue weighted by molar-refractivity contribution is 7.98. The second kappa shape index (κ2) is 10.1. The summed E-state index contributed by atoms with van der Waals surface area (Å²) in [6.45, 7) is 4.04. The molecule has 0 aliphatic heterocycles. The predicted molar refractivity (Wildman–Crippen MR) is 83.9 cm³/mol. The molecular weight excluding hydrogens is 262 g/mol. The number of thioether (sulfide) groups is 1. The van der Waals surface area contributed by atoms with Crippen molar-refractivity contribution in [3.05, 3.63) is 30.1 Å². The minimum Gasteiger partial charge on any atom is -0.363 e. The molecule has 5 heteroatoms. The molecule has 100 valence electrons. The van der Waals surface area contributed by atoms with Gasteiger partial charge in [0.25, 0.3) is 0 Å². The molecule has 0 saturated heterocycles. The molecule has 0 radical (unpaired) electrons. The maximum atomic E-state index is 5.17. The van der Waals surface area contributed by atoms with Crippen LogP contribution in [0.15, 0.2) is 24.5 Å². The van der Waals surface area contributed by atoms with Gasteiger partial charge in [-0.05, 0) is 30.3 Å². The van der Waals surface area contributed by atoms with E-state index in [0.29, 0.717) is 0 Å². The molecule has 0 aromatic carbocycles. The third-order valence-electron chi connectivity index (χ3n) is 2.34. The number of nitrogens with zero attached hydrogens (tertiary/aromatic N) is 1. The molecule has 0 aliphatic carbocycles. The summed E-state index contributed by atoms with van der Waals surface area (Å²) in [5, 5.41) is 7.17. The summed E-state index contributed by atoms with van der Waals surface area (Å²) in [5.41, 5.74) is 1.27. The molecule has 1 heterocycles. The monoisotopic (exact) mass is 283 g/mol. The Morgan fingerprint density at radius 1 is 1.39 bits per heavy atom. The van der Waals surface area contributed by atoms with E-state index in [-0.39, 0.29) is 0 Å². The zero-order valence-corrected chi connectivity index (χ0v) is 12.4. The van der Waals surface area contributed by atoms with E-state index in [0.717, 1.165) is 36.1 Å². The Balaban J connectivity index is 1.97. The first kappa shape index (κ1) is 15.2. The number of hydrogen-bond donors (Lipinski definition) is 2. The molecule has 3 nitrogen and oxygen atoms in total. The fourth-order valence-corrected chi connectivity index (χ4v) is 2.35. The number of unbranched alkanes of at least 4 members (excludes halogenated alkanes) is 1. The molecule has 0 unspecified atom stereocenters. The summed E-state index contributed by atoms with van der Waals surface area (Å²) in [7, 11) is 0. The second-order valence-corrected chi connectivity index (χ2v) is 5.46. The standard InChI is InChI=1S/C13H21N3S2/c1-2-3-7-15-13(17)16-8-9-18-11-12-5-4-6-14-10-12/h4-6,10H,2-3,7-9,11H2,1H3,(H2,15,16,17). The van der Waals surface area contributed by atoms with Gasteiger partial charge in [0.15, 0.2) is 5.11 Å². The minimum atomic E-state index is 0.769. The number of thiocarbonyl (C=S) groups is 1. The van der Waals surface area contributed by atoms with Crippen molar-refractivity contribution in [2.24, 2.45) is 0 Å². The van der Waals surface area contributed by atoms with Crippen molar-refractivity contribution < 1.29 is 0 Å². The molecule has 1 rings (SSSR count). The predicted octanol–water partition coefficient (Wildman–Crippen LogP) is 2.58. The summed E-state index contributed by atoms with van der Waals surface area (Å²) in [6.07, 6.45) is 6.07. The highest BCUT2D eigenvalue weighted by atomic mass is 32.2. The first-order chi connectivity index (χ1) is 8.83. The normalized spacial score (nSPS) is 10.1. The molecule has 0 aliphatic rings. The Bertz CT molecular complexity index is 330. The first-order valence-electron chi connectivity index (χ1n) is 6.31. The number of hydrogen-bond acceptors (Lipinski definition) is 3. The molecule has 0 spiro atoms. The van der Waals surface area contributed by atoms with E-state index in [9.17, 15) is 0 Å². The zero-order valence-electron chi connectivity index (χ0n) is 10.8. The number of pyridine rings is 1. The molecule has 0 atom stereocenters. The van der Waals surface area contributed by atoms with Crippen LogP contribution in [0.3, 0.4) is 0 Å². The lowest BCUT2D eigenvalue weighted by Crippen LogP contribution is -2.36. The molecular formula is C13H21N3S2. The average molecular weight is 283 g/mol. The van der Waals surface area contributed by atoms with E-state index in [4.69, 9.17) is 12.2 Å². The quantitative estimate of drug-likeness (QED) is 0.566. The molecule has 0 bridgehead atoms. The van der Waals surface area contributed by atoms with Gasteiger partial charge in [0.1, 0.15) is 0 Å². The van der Waals surface area contributed by atoms with E-state index in [1.54, 1.807) is 6.20 Å². The number of aromatic nitrogens is 1. The van der Waals surface area contributed by atoms with Crippen LogP contribution in [0.5, 0.6) is 0 Å². The Morgan fingerprint density at radius 2 is 2.22 bits per heavy atom. The third-order valence-corrected chi connectivity index (χ3v) is 3.66. The van der Waals surface area contributed by atoms with Crippen LogP contribution in [-0.4, -0.2) is 28.9 Å². The molecule has 18 heavy (non-hydrogen) atoms. The van der Waals surface area contributed by atoms with Gasteiger partial charge in [-0.15, -0.1) is 0 Å². The molecule has 0 saturated carbocycles. The first-order valence-corrected chi connectivity index (χ1v) is 7.87. The maximum Gasteiger partial charge on any atom is 0.166 e. The van der Waals surface area contributed by atoms with Crippen molar-refractivity contribution in [3.63, 3.8) is 0 Å². The highest BCUT2D eigenvalue weighted by Gasteiger charge is 1.95. The number of nitrogens with one attached hydrogen (secondary N) is 2. The summed E-state index contributed by atoms with van der Waals surface area (Å²) < 4.78 is 0. The maximum absolute atomic E-state index is 5.17. The van der Waals surface area contributed by atoms with Crippen molar-refractivity contribution in [1.29, 1.82) is 0 Å². The fourth-order valence-electron chi connectivity index (χ4n) is 1.35. The van der Waals surface area contributed by atoms with E-state index >= 15 is 0 Å². The minimum absolute atomic E-state index is 0.769. The summed E-state index contributed by atoms with van der Waals surface area (Å²) in [4.78, 5) is 4.09. The van der Waals surface area contributed by atoms with Crippen molar-refractivity contribution >= 4 is 29.1 Å². The highest BCUT2D eigenvalue weighted by Crippen LogP contribution is 2.09. The average Bonchev–Trinajstić information content (AvgIpc) is 2.40. The van der Waals surface area contributed by atoms with Crippen LogP contribution in [0.1, 0.15) is 25.3 Å². The van der Waals surface area contributed by atoms with Crippen molar-refractivity contribution in [3.8, 4) is 0 Å². The Morgan fingerprint density at radius 3 is 2.94 bits per heavy atom. The Labute approximate surface area is 119 Å². The largest absolute Gasteiger partial charge is 0.363 e. The number of rotatable bonds is 8. The summed E-state index contributed by atoms with van der Waals surface area (Å²) in [5.74, 6) is 2.05. The molecule has 0 amide bonds. The Hall–Kier alpha value is -0.810. The van der Waals surface area contributed by atoms with Gasteiger partial charge < -0.3 is 10.6 Å². The van der Waals surface area contributed by atoms with Gasteiger partial charge in [-0.1, -0.05) is 19.4 Å². The van der Waals surface area contributed by atoms with E-state index in [2.05, 4.69) is 28.6 Å². The van der Waals surface area contributed by atoms with Gasteiger partial charge in [-0.3, -0.25) is 4.98 Å². The summed E-state index contributed by atoms with van der Waals surface area (Å²) in [6, 6.07) is 4.07. The lowest BCUT2D eigenvalue weighted by molar-refractivity contribution is 0.743. The van der Waals surface area contributed by atoms with Crippen LogP contribution in [-0.2, 0) is 5.75 Å². The van der Waals surface area contributed by atoms with E-state index < -0.39 is 0 Å². The van der Waals surface area contributed by atoms with Crippen molar-refractivity contribution in [2.75, 3.05) is 18.8 Å². The van der Waals surface area contributed by atoms with Gasteiger partial charge in [0.05, 0.1) is 0 Å². The Kier molecular flexibility index (Phi) is 8.59. The molecule has 0 fully saturated rings. The van der Waals surface area contributed by atoms with Gasteiger partial charge in [0, 0.05) is 37.0 Å². The second-order valence-electron chi connectivity index (χ2n) is 3.95. The molecule has 1 aromatic rings.